The highest BCUT2D eigenvalue weighted by Gasteiger charge is 2.44. The highest BCUT2D eigenvalue weighted by molar-refractivity contribution is 5.99. The fourth-order valence-corrected chi connectivity index (χ4v) is 5.17. The lowest BCUT2D eigenvalue weighted by Crippen LogP contribution is -2.33. The Morgan fingerprint density at radius 2 is 1.71 bits per heavy atom. The number of amides is 1. The first kappa shape index (κ1) is 17.3. The first-order valence-corrected chi connectivity index (χ1v) is 10.3. The molecule has 1 amide bonds. The summed E-state index contributed by atoms with van der Waals surface area (Å²) in [5.74, 6) is 0.237. The van der Waals surface area contributed by atoms with Gasteiger partial charge in [-0.1, -0.05) is 48.5 Å². The van der Waals surface area contributed by atoms with Crippen LogP contribution in [0.5, 0.6) is 0 Å². The largest absolute Gasteiger partial charge is 0.358 e. The zero-order chi connectivity index (χ0) is 19.3. The number of hydrogen-bond donors (Lipinski definition) is 1. The number of aromatic amines is 1. The van der Waals surface area contributed by atoms with Gasteiger partial charge < -0.3 is 9.88 Å². The van der Waals surface area contributed by atoms with Crippen LogP contribution in [0.25, 0.3) is 10.9 Å². The Morgan fingerprint density at radius 1 is 1.00 bits per heavy atom. The molecule has 1 N–H and O–H groups in total. The molecule has 0 saturated heterocycles. The van der Waals surface area contributed by atoms with Crippen molar-refractivity contribution >= 4 is 16.8 Å². The maximum Gasteiger partial charge on any atom is 0.251 e. The topological polar surface area (TPSA) is 36.1 Å². The number of hydrogen-bond acceptors (Lipinski definition) is 1. The summed E-state index contributed by atoms with van der Waals surface area (Å²) in [6.45, 7) is 4.31. The van der Waals surface area contributed by atoms with Gasteiger partial charge in [0.1, 0.15) is 0 Å². The Hall–Kier alpha value is -2.81. The van der Waals surface area contributed by atoms with E-state index in [0.29, 0.717) is 0 Å². The van der Waals surface area contributed by atoms with E-state index in [1.807, 2.05) is 6.07 Å². The number of carbonyl (C=O) groups is 1. The van der Waals surface area contributed by atoms with E-state index in [-0.39, 0.29) is 18.0 Å². The lowest BCUT2D eigenvalue weighted by molar-refractivity contribution is -0.129. The van der Waals surface area contributed by atoms with Gasteiger partial charge >= 0.3 is 0 Å². The molecule has 1 aromatic heterocycles. The summed E-state index contributed by atoms with van der Waals surface area (Å²) in [7, 11) is 0. The van der Waals surface area contributed by atoms with Gasteiger partial charge in [0.05, 0.1) is 12.1 Å². The molecule has 3 nitrogen and oxygen atoms in total. The number of nitrogens with zero attached hydrogens (tertiary/aromatic N) is 1. The van der Waals surface area contributed by atoms with Gasteiger partial charge in [-0.25, -0.2) is 0 Å². The second-order valence-electron chi connectivity index (χ2n) is 8.12. The SMILES string of the molecule is Cc1[nH]c2ccccc2c1[C@@H]1C2=C(CCCC2)C(=O)N1[C@H](C)c1ccccc1. The van der Waals surface area contributed by atoms with E-state index >= 15 is 0 Å². The fourth-order valence-electron chi connectivity index (χ4n) is 5.17. The lowest BCUT2D eigenvalue weighted by atomic mass is 9.86. The van der Waals surface area contributed by atoms with E-state index < -0.39 is 0 Å². The van der Waals surface area contributed by atoms with E-state index in [2.05, 4.69) is 72.3 Å². The molecule has 0 radical (unpaired) electrons. The molecule has 0 fully saturated rings. The van der Waals surface area contributed by atoms with Crippen molar-refractivity contribution in [2.24, 2.45) is 0 Å². The smallest absolute Gasteiger partial charge is 0.251 e. The summed E-state index contributed by atoms with van der Waals surface area (Å²) >= 11 is 0. The van der Waals surface area contributed by atoms with Crippen LogP contribution in [0.1, 0.15) is 61.5 Å². The first-order chi connectivity index (χ1) is 13.7. The third-order valence-electron chi connectivity index (χ3n) is 6.53. The first-order valence-electron chi connectivity index (χ1n) is 10.3. The lowest BCUT2D eigenvalue weighted by Gasteiger charge is -2.33. The third kappa shape index (κ3) is 2.53. The van der Waals surface area contributed by atoms with Gasteiger partial charge in [-0.2, -0.15) is 0 Å². The van der Waals surface area contributed by atoms with Gasteiger partial charge in [0.15, 0.2) is 0 Å². The van der Waals surface area contributed by atoms with E-state index in [1.165, 1.54) is 34.2 Å². The number of H-pyrrole nitrogens is 1. The molecule has 2 aliphatic rings. The minimum atomic E-state index is 0.0363. The highest BCUT2D eigenvalue weighted by Crippen LogP contribution is 2.50. The Kier molecular flexibility index (Phi) is 4.12. The standard InChI is InChI=1S/C25H26N2O/c1-16-23(21-14-8-9-15-22(21)26-16)24-19-12-6-7-13-20(19)25(28)27(24)17(2)18-10-4-3-5-11-18/h3-5,8-11,14-15,17,24,26H,6-7,12-13H2,1-2H3/t17-,24+/m1/s1. The number of benzene rings is 2. The molecule has 3 aromatic rings. The Morgan fingerprint density at radius 3 is 2.54 bits per heavy atom. The Bertz CT molecular complexity index is 1080. The number of carbonyl (C=O) groups excluding carboxylic acids is 1. The van der Waals surface area contributed by atoms with E-state index in [9.17, 15) is 4.79 Å². The maximum absolute atomic E-state index is 13.6. The van der Waals surface area contributed by atoms with Gasteiger partial charge in [-0.15, -0.1) is 0 Å². The summed E-state index contributed by atoms with van der Waals surface area (Å²) in [5, 5.41) is 1.24. The minimum Gasteiger partial charge on any atom is -0.358 e. The van der Waals surface area contributed by atoms with Crippen molar-refractivity contribution in [1.82, 2.24) is 9.88 Å². The predicted octanol–water partition coefficient (Wildman–Crippen LogP) is 5.99. The van der Waals surface area contributed by atoms with Crippen LogP contribution in [0.4, 0.5) is 0 Å². The molecular formula is C25H26N2O. The second kappa shape index (κ2) is 6.66. The molecule has 1 aliphatic heterocycles. The van der Waals surface area contributed by atoms with Crippen LogP contribution in [0, 0.1) is 6.92 Å². The molecule has 1 aliphatic carbocycles. The summed E-state index contributed by atoms with van der Waals surface area (Å²) in [4.78, 5) is 19.3. The highest BCUT2D eigenvalue weighted by atomic mass is 16.2. The molecule has 142 valence electrons. The third-order valence-corrected chi connectivity index (χ3v) is 6.53. The van der Waals surface area contributed by atoms with Crippen molar-refractivity contribution in [3.63, 3.8) is 0 Å². The maximum atomic E-state index is 13.6. The molecule has 2 heterocycles. The molecule has 0 saturated carbocycles. The van der Waals surface area contributed by atoms with Gasteiger partial charge in [-0.3, -0.25) is 4.79 Å². The van der Waals surface area contributed by atoms with E-state index in [1.54, 1.807) is 0 Å². The average Bonchev–Trinajstić information content (AvgIpc) is 3.21. The predicted molar refractivity (Wildman–Crippen MR) is 113 cm³/mol. The van der Waals surface area contributed by atoms with Crippen LogP contribution in [0.2, 0.25) is 0 Å². The molecule has 0 unspecified atom stereocenters. The Labute approximate surface area is 166 Å². The summed E-state index contributed by atoms with van der Waals surface area (Å²) in [6, 6.07) is 19.0. The van der Waals surface area contributed by atoms with E-state index in [0.717, 1.165) is 30.4 Å². The van der Waals surface area contributed by atoms with Crippen molar-refractivity contribution in [2.75, 3.05) is 0 Å². The van der Waals surface area contributed by atoms with Crippen LogP contribution < -0.4 is 0 Å². The van der Waals surface area contributed by atoms with Gasteiger partial charge in [-0.05, 0) is 56.7 Å². The number of aromatic nitrogens is 1. The van der Waals surface area contributed by atoms with Crippen LogP contribution in [0.15, 0.2) is 65.7 Å². The molecule has 5 rings (SSSR count). The van der Waals surface area contributed by atoms with Crippen molar-refractivity contribution in [3.05, 3.63) is 82.6 Å². The normalized spacial score (nSPS) is 20.7. The molecular weight excluding hydrogens is 344 g/mol. The van der Waals surface area contributed by atoms with Gasteiger partial charge in [0, 0.05) is 27.7 Å². The molecule has 2 aromatic carbocycles. The van der Waals surface area contributed by atoms with Crippen LogP contribution in [-0.2, 0) is 4.79 Å². The van der Waals surface area contributed by atoms with E-state index in [4.69, 9.17) is 0 Å². The number of para-hydroxylation sites is 1. The number of aryl methyl sites for hydroxylation is 1. The Balaban J connectivity index is 1.70. The van der Waals surface area contributed by atoms with Crippen molar-refractivity contribution in [1.29, 1.82) is 0 Å². The van der Waals surface area contributed by atoms with Gasteiger partial charge in [0.2, 0.25) is 0 Å². The minimum absolute atomic E-state index is 0.0363. The quantitative estimate of drug-likeness (QED) is 0.604. The van der Waals surface area contributed by atoms with Crippen LogP contribution >= 0.6 is 0 Å². The molecule has 2 atom stereocenters. The summed E-state index contributed by atoms with van der Waals surface area (Å²) in [5.41, 5.74) is 7.22. The summed E-state index contributed by atoms with van der Waals surface area (Å²) < 4.78 is 0. The molecule has 0 bridgehead atoms. The van der Waals surface area contributed by atoms with Crippen molar-refractivity contribution in [2.45, 2.75) is 51.6 Å². The summed E-state index contributed by atoms with van der Waals surface area (Å²) in [6.07, 6.45) is 4.25. The van der Waals surface area contributed by atoms with Crippen LogP contribution in [0.3, 0.4) is 0 Å². The zero-order valence-corrected chi connectivity index (χ0v) is 16.5. The van der Waals surface area contributed by atoms with Crippen LogP contribution in [-0.4, -0.2) is 15.8 Å². The van der Waals surface area contributed by atoms with Crippen molar-refractivity contribution < 1.29 is 4.79 Å². The monoisotopic (exact) mass is 370 g/mol. The van der Waals surface area contributed by atoms with Crippen molar-refractivity contribution in [3.8, 4) is 0 Å². The number of rotatable bonds is 3. The average molecular weight is 370 g/mol. The zero-order valence-electron chi connectivity index (χ0n) is 16.5. The second-order valence-corrected chi connectivity index (χ2v) is 8.12. The fraction of sp³-hybridized carbons (Fsp3) is 0.320. The molecule has 0 spiro atoms. The van der Waals surface area contributed by atoms with Gasteiger partial charge in [0.25, 0.3) is 5.91 Å². The number of nitrogens with one attached hydrogen (secondary N) is 1. The number of fused-ring (bicyclic) bond motifs is 1. The molecule has 3 heteroatoms. The molecule has 28 heavy (non-hydrogen) atoms.